The molecule has 0 saturated carbocycles. The third-order valence-corrected chi connectivity index (χ3v) is 0.988. The van der Waals surface area contributed by atoms with Gasteiger partial charge in [-0.15, -0.1) is 0 Å². The van der Waals surface area contributed by atoms with Crippen LogP contribution in [0.3, 0.4) is 0 Å². The van der Waals surface area contributed by atoms with Crippen LogP contribution < -0.4 is 0 Å². The highest BCUT2D eigenvalue weighted by molar-refractivity contribution is 5.65. The first-order chi connectivity index (χ1) is 4.77. The molecule has 0 radical (unpaired) electrons. The third-order valence-electron chi connectivity index (χ3n) is 0.988. The Morgan fingerprint density at radius 2 is 2.30 bits per heavy atom. The number of nitriles is 1. The van der Waals surface area contributed by atoms with Crippen LogP contribution in [0.15, 0.2) is 0 Å². The molecule has 0 aromatic carbocycles. The molecule has 0 aliphatic carbocycles. The Hall–Kier alpha value is -1.04. The summed E-state index contributed by atoms with van der Waals surface area (Å²) in [5, 5.41) is 8.12. The lowest BCUT2D eigenvalue weighted by atomic mass is 10.3. The van der Waals surface area contributed by atoms with Crippen molar-refractivity contribution >= 4 is 5.97 Å². The lowest BCUT2D eigenvalue weighted by Gasteiger charge is -1.97. The molecular weight excluding hydrogens is 130 g/mol. The summed E-state index contributed by atoms with van der Waals surface area (Å²) >= 11 is 0. The number of carbonyl (C=O) groups excluding carboxylic acids is 1. The maximum atomic E-state index is 10.2. The minimum absolute atomic E-state index is 0.253. The molecule has 0 atom stereocenters. The fourth-order valence-corrected chi connectivity index (χ4v) is 0.522. The molecular formula is C7H11NO2. The number of ether oxygens (including phenoxy) is 1. The summed E-state index contributed by atoms with van der Waals surface area (Å²) in [5.41, 5.74) is 0. The molecule has 0 heterocycles. The van der Waals surface area contributed by atoms with Gasteiger partial charge in [0.1, 0.15) is 0 Å². The monoisotopic (exact) mass is 141 g/mol. The van der Waals surface area contributed by atoms with Crippen LogP contribution in [0.25, 0.3) is 0 Å². The van der Waals surface area contributed by atoms with Crippen molar-refractivity contribution in [3.8, 4) is 6.07 Å². The van der Waals surface area contributed by atoms with E-state index < -0.39 is 0 Å². The van der Waals surface area contributed by atoms with Crippen molar-refractivity contribution in [2.45, 2.75) is 26.2 Å². The van der Waals surface area contributed by atoms with E-state index in [4.69, 9.17) is 5.26 Å². The topological polar surface area (TPSA) is 50.1 Å². The molecule has 0 N–H and O–H groups in total. The van der Waals surface area contributed by atoms with E-state index in [0.29, 0.717) is 13.0 Å². The maximum absolute atomic E-state index is 10.2. The predicted octanol–water partition coefficient (Wildman–Crippen LogP) is 1.24. The Labute approximate surface area is 60.6 Å². The molecule has 56 valence electrons. The minimum atomic E-state index is -0.253. The average Bonchev–Trinajstić information content (AvgIpc) is 1.87. The van der Waals surface area contributed by atoms with E-state index in [1.807, 2.05) is 6.07 Å². The summed E-state index contributed by atoms with van der Waals surface area (Å²) in [4.78, 5) is 10.2. The quantitative estimate of drug-likeness (QED) is 0.437. The van der Waals surface area contributed by atoms with Gasteiger partial charge in [-0.3, -0.25) is 4.79 Å². The van der Waals surface area contributed by atoms with Crippen molar-refractivity contribution < 1.29 is 9.53 Å². The number of hydrogen-bond donors (Lipinski definition) is 0. The van der Waals surface area contributed by atoms with E-state index in [0.717, 1.165) is 12.8 Å². The summed E-state index contributed by atoms with van der Waals surface area (Å²) < 4.78 is 4.64. The van der Waals surface area contributed by atoms with Crippen LogP contribution in [0.1, 0.15) is 26.2 Å². The van der Waals surface area contributed by atoms with Gasteiger partial charge in [0.15, 0.2) is 0 Å². The van der Waals surface area contributed by atoms with Gasteiger partial charge in [0.25, 0.3) is 0 Å². The number of unbranched alkanes of at least 4 members (excludes halogenated alkanes) is 2. The number of carbonyl (C=O) groups is 1. The van der Waals surface area contributed by atoms with Crippen molar-refractivity contribution in [3.05, 3.63) is 0 Å². The molecule has 10 heavy (non-hydrogen) atoms. The summed E-state index contributed by atoms with van der Waals surface area (Å²) in [6.45, 7) is 1.82. The summed E-state index contributed by atoms with van der Waals surface area (Å²) in [7, 11) is 0. The highest BCUT2D eigenvalue weighted by atomic mass is 16.5. The Balaban J connectivity index is 2.92. The fourth-order valence-electron chi connectivity index (χ4n) is 0.522. The van der Waals surface area contributed by atoms with Gasteiger partial charge in [0, 0.05) is 13.3 Å². The zero-order chi connectivity index (χ0) is 7.82. The second-order valence-electron chi connectivity index (χ2n) is 1.96. The van der Waals surface area contributed by atoms with E-state index >= 15 is 0 Å². The number of hydrogen-bond acceptors (Lipinski definition) is 3. The maximum Gasteiger partial charge on any atom is 0.302 e. The molecule has 0 saturated heterocycles. The Morgan fingerprint density at radius 1 is 1.60 bits per heavy atom. The lowest BCUT2D eigenvalue weighted by Crippen LogP contribution is -1.99. The highest BCUT2D eigenvalue weighted by Gasteiger charge is 1.91. The lowest BCUT2D eigenvalue weighted by molar-refractivity contribution is -0.141. The van der Waals surface area contributed by atoms with Gasteiger partial charge in [0.2, 0.25) is 0 Å². The van der Waals surface area contributed by atoms with Gasteiger partial charge in [-0.1, -0.05) is 0 Å². The molecule has 0 aromatic rings. The van der Waals surface area contributed by atoms with Crippen LogP contribution in [0.2, 0.25) is 0 Å². The zero-order valence-corrected chi connectivity index (χ0v) is 6.09. The molecule has 0 aromatic heterocycles. The third kappa shape index (κ3) is 6.96. The SMILES string of the molecule is CC(=O)OCCCCC#N. The van der Waals surface area contributed by atoms with E-state index in [-0.39, 0.29) is 5.97 Å². The summed E-state index contributed by atoms with van der Waals surface area (Å²) in [5.74, 6) is -0.253. The molecule has 0 bridgehead atoms. The Kier molecular flexibility index (Phi) is 5.45. The number of nitrogens with zero attached hydrogens (tertiary/aromatic N) is 1. The van der Waals surface area contributed by atoms with Crippen LogP contribution in [0.5, 0.6) is 0 Å². The second-order valence-corrected chi connectivity index (χ2v) is 1.96. The molecule has 3 heteroatoms. The fraction of sp³-hybridized carbons (Fsp3) is 0.714. The molecule has 0 amide bonds. The van der Waals surface area contributed by atoms with Crippen LogP contribution in [0, 0.1) is 11.3 Å². The van der Waals surface area contributed by atoms with Gasteiger partial charge < -0.3 is 4.74 Å². The van der Waals surface area contributed by atoms with Crippen molar-refractivity contribution in [1.29, 1.82) is 5.26 Å². The minimum Gasteiger partial charge on any atom is -0.466 e. The first kappa shape index (κ1) is 8.96. The van der Waals surface area contributed by atoms with Gasteiger partial charge in [-0.25, -0.2) is 0 Å². The van der Waals surface area contributed by atoms with E-state index in [1.165, 1.54) is 6.92 Å². The van der Waals surface area contributed by atoms with Crippen LogP contribution in [0.4, 0.5) is 0 Å². The average molecular weight is 141 g/mol. The van der Waals surface area contributed by atoms with Crippen molar-refractivity contribution in [3.63, 3.8) is 0 Å². The van der Waals surface area contributed by atoms with Crippen LogP contribution >= 0.6 is 0 Å². The first-order valence-electron chi connectivity index (χ1n) is 3.27. The molecule has 0 spiro atoms. The zero-order valence-electron chi connectivity index (χ0n) is 6.09. The van der Waals surface area contributed by atoms with Gasteiger partial charge >= 0.3 is 5.97 Å². The van der Waals surface area contributed by atoms with E-state index in [9.17, 15) is 4.79 Å². The molecule has 3 nitrogen and oxygen atoms in total. The summed E-state index contributed by atoms with van der Waals surface area (Å²) in [6, 6.07) is 2.02. The van der Waals surface area contributed by atoms with E-state index in [1.54, 1.807) is 0 Å². The standard InChI is InChI=1S/C7H11NO2/c1-7(9)10-6-4-2-3-5-8/h2-4,6H2,1H3. The Morgan fingerprint density at radius 3 is 2.80 bits per heavy atom. The van der Waals surface area contributed by atoms with Gasteiger partial charge in [-0.2, -0.15) is 5.26 Å². The number of rotatable bonds is 4. The molecule has 0 unspecified atom stereocenters. The second kappa shape index (κ2) is 6.09. The van der Waals surface area contributed by atoms with Gasteiger partial charge in [0.05, 0.1) is 12.7 Å². The molecule has 0 aliphatic rings. The van der Waals surface area contributed by atoms with Crippen molar-refractivity contribution in [1.82, 2.24) is 0 Å². The van der Waals surface area contributed by atoms with Crippen LogP contribution in [-0.4, -0.2) is 12.6 Å². The predicted molar refractivity (Wildman–Crippen MR) is 36.1 cm³/mol. The number of esters is 1. The molecule has 0 aliphatic heterocycles. The van der Waals surface area contributed by atoms with Crippen molar-refractivity contribution in [2.75, 3.05) is 6.61 Å². The van der Waals surface area contributed by atoms with Crippen molar-refractivity contribution in [2.24, 2.45) is 0 Å². The summed E-state index contributed by atoms with van der Waals surface area (Å²) in [6.07, 6.45) is 2.14. The van der Waals surface area contributed by atoms with E-state index in [2.05, 4.69) is 4.74 Å². The first-order valence-corrected chi connectivity index (χ1v) is 3.27. The Bertz CT molecular complexity index is 137. The van der Waals surface area contributed by atoms with Crippen LogP contribution in [-0.2, 0) is 9.53 Å². The highest BCUT2D eigenvalue weighted by Crippen LogP contribution is 1.93. The largest absolute Gasteiger partial charge is 0.466 e. The smallest absolute Gasteiger partial charge is 0.302 e. The normalized spacial score (nSPS) is 8.40. The molecule has 0 fully saturated rings. The molecule has 0 rings (SSSR count). The van der Waals surface area contributed by atoms with Gasteiger partial charge in [-0.05, 0) is 12.8 Å².